The highest BCUT2D eigenvalue weighted by Gasteiger charge is 2.13. The zero-order chi connectivity index (χ0) is 12.7. The van der Waals surface area contributed by atoms with Crippen molar-refractivity contribution in [3.05, 3.63) is 55.1 Å². The maximum Gasteiger partial charge on any atom is 0.417 e. The third-order valence-electron chi connectivity index (χ3n) is 2.70. The van der Waals surface area contributed by atoms with Crippen LogP contribution >= 0.6 is 27.3 Å². The summed E-state index contributed by atoms with van der Waals surface area (Å²) in [5, 5.41) is 0. The smallest absolute Gasteiger partial charge is 0.408 e. The summed E-state index contributed by atoms with van der Waals surface area (Å²) in [7, 11) is 0. The minimum absolute atomic E-state index is 0.217. The van der Waals surface area contributed by atoms with Crippen LogP contribution in [0.3, 0.4) is 0 Å². The predicted molar refractivity (Wildman–Crippen MR) is 74.9 cm³/mol. The topological polar surface area (TPSA) is 72.0 Å². The van der Waals surface area contributed by atoms with Crippen molar-refractivity contribution in [2.75, 3.05) is 0 Å². The van der Waals surface area contributed by atoms with Crippen LogP contribution < -0.4 is 11.5 Å². The maximum atomic E-state index is 11.1. The number of fused-ring (bicyclic) bond motifs is 1. The van der Waals surface area contributed by atoms with Crippen LogP contribution in [0.15, 0.2) is 43.3 Å². The molecule has 0 bridgehead atoms. The number of oxazole rings is 1. The molecule has 4 nitrogen and oxygen atoms in total. The summed E-state index contributed by atoms with van der Waals surface area (Å²) in [4.78, 5) is 14.7. The molecule has 3 aromatic rings. The number of benzene rings is 1. The second-order valence-electron chi connectivity index (χ2n) is 3.89. The van der Waals surface area contributed by atoms with Gasteiger partial charge in [0.2, 0.25) is 0 Å². The third kappa shape index (κ3) is 2.03. The second kappa shape index (κ2) is 4.38. The Morgan fingerprint density at radius 1 is 1.33 bits per heavy atom. The van der Waals surface area contributed by atoms with Gasteiger partial charge < -0.3 is 10.2 Å². The minimum atomic E-state index is -0.449. The molecule has 3 N–H and O–H groups in total. The number of nitrogens with one attached hydrogen (secondary N) is 1. The van der Waals surface area contributed by atoms with Crippen molar-refractivity contribution in [2.24, 2.45) is 5.73 Å². The van der Waals surface area contributed by atoms with E-state index in [0.29, 0.717) is 11.1 Å². The summed E-state index contributed by atoms with van der Waals surface area (Å²) in [6.45, 7) is 0. The first-order chi connectivity index (χ1) is 8.63. The molecule has 1 unspecified atom stereocenters. The van der Waals surface area contributed by atoms with E-state index in [1.165, 1.54) is 0 Å². The molecule has 0 aliphatic heterocycles. The quantitative estimate of drug-likeness (QED) is 0.761. The predicted octanol–water partition coefficient (Wildman–Crippen LogP) is 2.99. The Bertz CT molecular complexity index is 759. The van der Waals surface area contributed by atoms with Crippen molar-refractivity contribution in [3.8, 4) is 0 Å². The Hall–Kier alpha value is -1.37. The number of thiophene rings is 1. The molecule has 3 rings (SSSR count). The summed E-state index contributed by atoms with van der Waals surface area (Å²) < 4.78 is 6.07. The number of nitrogens with two attached hydrogens (primary N) is 1. The molecule has 0 radical (unpaired) electrons. The molecule has 0 saturated heterocycles. The zero-order valence-corrected chi connectivity index (χ0v) is 11.5. The summed E-state index contributed by atoms with van der Waals surface area (Å²) in [5.41, 5.74) is 8.32. The van der Waals surface area contributed by atoms with Crippen LogP contribution in [-0.4, -0.2) is 4.98 Å². The Kier molecular flexibility index (Phi) is 2.85. The van der Waals surface area contributed by atoms with Crippen LogP contribution in [0.2, 0.25) is 0 Å². The van der Waals surface area contributed by atoms with Gasteiger partial charge in [0.05, 0.1) is 15.3 Å². The van der Waals surface area contributed by atoms with Crippen LogP contribution in [0.25, 0.3) is 11.1 Å². The van der Waals surface area contributed by atoms with E-state index >= 15 is 0 Å². The molecule has 18 heavy (non-hydrogen) atoms. The van der Waals surface area contributed by atoms with Crippen molar-refractivity contribution in [2.45, 2.75) is 6.04 Å². The molecule has 92 valence electrons. The molecule has 0 aliphatic rings. The van der Waals surface area contributed by atoms with Gasteiger partial charge in [0.1, 0.15) is 0 Å². The van der Waals surface area contributed by atoms with Crippen LogP contribution in [0.5, 0.6) is 0 Å². The van der Waals surface area contributed by atoms with Crippen molar-refractivity contribution >= 4 is 38.4 Å². The van der Waals surface area contributed by atoms with Crippen molar-refractivity contribution in [3.63, 3.8) is 0 Å². The van der Waals surface area contributed by atoms with Crippen LogP contribution in [0, 0.1) is 0 Å². The van der Waals surface area contributed by atoms with Crippen LogP contribution in [0.4, 0.5) is 0 Å². The monoisotopic (exact) mass is 324 g/mol. The van der Waals surface area contributed by atoms with Gasteiger partial charge in [-0.3, -0.25) is 4.98 Å². The molecule has 2 heterocycles. The summed E-state index contributed by atoms with van der Waals surface area (Å²) in [6.07, 6.45) is 0. The standard InChI is InChI=1S/C12H9BrN2O2S/c13-10-4-3-9(18-10)11(14)6-1-2-7-8(5-6)17-12(16)15-7/h1-5,11H,14H2,(H,15,16). The fourth-order valence-corrected chi connectivity index (χ4v) is 3.27. The number of rotatable bonds is 2. The fourth-order valence-electron chi connectivity index (χ4n) is 1.82. The Balaban J connectivity index is 2.05. The number of hydrogen-bond acceptors (Lipinski definition) is 4. The first-order valence-electron chi connectivity index (χ1n) is 5.27. The lowest BCUT2D eigenvalue weighted by Gasteiger charge is -2.09. The third-order valence-corrected chi connectivity index (χ3v) is 4.41. The van der Waals surface area contributed by atoms with E-state index in [1.54, 1.807) is 23.5 Å². The highest BCUT2D eigenvalue weighted by molar-refractivity contribution is 9.11. The second-order valence-corrected chi connectivity index (χ2v) is 6.38. The molecule has 2 aromatic heterocycles. The van der Waals surface area contributed by atoms with E-state index in [4.69, 9.17) is 10.2 Å². The molecule has 6 heteroatoms. The average Bonchev–Trinajstić information content (AvgIpc) is 2.92. The highest BCUT2D eigenvalue weighted by atomic mass is 79.9. The van der Waals surface area contributed by atoms with Crippen molar-refractivity contribution < 1.29 is 4.42 Å². The molecule has 0 aliphatic carbocycles. The van der Waals surface area contributed by atoms with E-state index in [2.05, 4.69) is 20.9 Å². The van der Waals surface area contributed by atoms with Gasteiger partial charge in [0.25, 0.3) is 0 Å². The van der Waals surface area contributed by atoms with Crippen molar-refractivity contribution in [1.29, 1.82) is 0 Å². The van der Waals surface area contributed by atoms with Gasteiger partial charge in [-0.15, -0.1) is 11.3 Å². The molecular weight excluding hydrogens is 316 g/mol. The molecule has 0 amide bonds. The highest BCUT2D eigenvalue weighted by Crippen LogP contribution is 2.30. The number of hydrogen-bond donors (Lipinski definition) is 2. The first-order valence-corrected chi connectivity index (χ1v) is 6.88. The summed E-state index contributed by atoms with van der Waals surface area (Å²) in [5.74, 6) is -0.449. The van der Waals surface area contributed by atoms with E-state index in [0.717, 1.165) is 14.2 Å². The molecule has 1 atom stereocenters. The number of aromatic amines is 1. The van der Waals surface area contributed by atoms with Gasteiger partial charge in [0, 0.05) is 4.88 Å². The van der Waals surface area contributed by atoms with Crippen LogP contribution in [-0.2, 0) is 0 Å². The number of H-pyrrole nitrogens is 1. The molecule has 0 fully saturated rings. The lowest BCUT2D eigenvalue weighted by molar-refractivity contribution is 0.555. The number of aromatic nitrogens is 1. The van der Waals surface area contributed by atoms with Gasteiger partial charge >= 0.3 is 5.76 Å². The largest absolute Gasteiger partial charge is 0.417 e. The normalized spacial score (nSPS) is 13.0. The lowest BCUT2D eigenvalue weighted by Crippen LogP contribution is -2.09. The lowest BCUT2D eigenvalue weighted by atomic mass is 10.1. The summed E-state index contributed by atoms with van der Waals surface area (Å²) >= 11 is 5.01. The molecular formula is C12H9BrN2O2S. The Morgan fingerprint density at radius 2 is 2.17 bits per heavy atom. The van der Waals surface area contributed by atoms with Gasteiger partial charge in [-0.05, 0) is 45.8 Å². The molecule has 0 spiro atoms. The SMILES string of the molecule is NC(c1ccc2[nH]c(=O)oc2c1)c1ccc(Br)s1. The zero-order valence-electron chi connectivity index (χ0n) is 9.14. The van der Waals surface area contributed by atoms with E-state index in [9.17, 15) is 4.79 Å². The molecule has 1 aromatic carbocycles. The Labute approximate surface area is 115 Å². The van der Waals surface area contributed by atoms with E-state index in [-0.39, 0.29) is 6.04 Å². The fraction of sp³-hybridized carbons (Fsp3) is 0.0833. The van der Waals surface area contributed by atoms with Gasteiger partial charge in [-0.1, -0.05) is 6.07 Å². The summed E-state index contributed by atoms with van der Waals surface area (Å²) in [6, 6.07) is 9.23. The molecule has 0 saturated carbocycles. The Morgan fingerprint density at radius 3 is 2.89 bits per heavy atom. The minimum Gasteiger partial charge on any atom is -0.408 e. The number of halogens is 1. The van der Waals surface area contributed by atoms with Gasteiger partial charge in [-0.2, -0.15) is 0 Å². The van der Waals surface area contributed by atoms with E-state index < -0.39 is 5.76 Å². The van der Waals surface area contributed by atoms with Crippen LogP contribution in [0.1, 0.15) is 16.5 Å². The van der Waals surface area contributed by atoms with Gasteiger partial charge in [0.15, 0.2) is 5.58 Å². The first kappa shape index (κ1) is 11.7. The van der Waals surface area contributed by atoms with Gasteiger partial charge in [-0.25, -0.2) is 4.79 Å². The average molecular weight is 325 g/mol. The van der Waals surface area contributed by atoms with Crippen molar-refractivity contribution in [1.82, 2.24) is 4.98 Å². The maximum absolute atomic E-state index is 11.1. The van der Waals surface area contributed by atoms with E-state index in [1.807, 2.05) is 18.2 Å².